The number of fused-ring (bicyclic) bond motifs is 1. The van der Waals surface area contributed by atoms with Gasteiger partial charge in [-0.2, -0.15) is 0 Å². The van der Waals surface area contributed by atoms with Gasteiger partial charge >= 0.3 is 5.97 Å². The number of nitrogen functional groups attached to an aromatic ring is 1. The van der Waals surface area contributed by atoms with Crippen molar-refractivity contribution in [3.05, 3.63) is 94.0 Å². The zero-order valence-electron chi connectivity index (χ0n) is 23.8. The number of hydrogen-bond acceptors (Lipinski definition) is 3. The van der Waals surface area contributed by atoms with E-state index in [-0.39, 0.29) is 16.6 Å². The fraction of sp³-hybridized carbons (Fsp3) is 0.382. The van der Waals surface area contributed by atoms with Crippen LogP contribution >= 0.6 is 0 Å². The van der Waals surface area contributed by atoms with Crippen LogP contribution in [0.5, 0.6) is 5.75 Å². The zero-order chi connectivity index (χ0) is 28.1. The summed E-state index contributed by atoms with van der Waals surface area (Å²) in [6.07, 6.45) is 8.09. The number of anilines is 1. The molecule has 0 fully saturated rings. The number of rotatable bonds is 6. The molecular formula is C34H43NO3. The number of carboxylic acids is 1. The third-order valence-electron chi connectivity index (χ3n) is 7.74. The van der Waals surface area contributed by atoms with Gasteiger partial charge in [0.15, 0.2) is 0 Å². The van der Waals surface area contributed by atoms with Crippen molar-refractivity contribution in [1.82, 2.24) is 0 Å². The second kappa shape index (κ2) is 11.9. The molecule has 1 aliphatic carbocycles. The lowest BCUT2D eigenvalue weighted by atomic mass is 9.62. The average molecular weight is 514 g/mol. The number of aromatic carboxylic acids is 1. The van der Waals surface area contributed by atoms with E-state index >= 15 is 0 Å². The molecule has 0 unspecified atom stereocenters. The molecule has 1 aliphatic rings. The molecule has 0 spiro atoms. The van der Waals surface area contributed by atoms with Crippen molar-refractivity contribution in [3.8, 4) is 5.75 Å². The van der Waals surface area contributed by atoms with Gasteiger partial charge < -0.3 is 15.9 Å². The molecule has 38 heavy (non-hydrogen) atoms. The molecule has 4 N–H and O–H groups in total. The number of aromatic hydroxyl groups is 1. The zero-order valence-corrected chi connectivity index (χ0v) is 23.8. The van der Waals surface area contributed by atoms with Crippen LogP contribution in [0.1, 0.15) is 105 Å². The molecule has 0 bridgehead atoms. The van der Waals surface area contributed by atoms with Gasteiger partial charge in [0.1, 0.15) is 5.75 Å². The summed E-state index contributed by atoms with van der Waals surface area (Å²) in [5.41, 5.74) is 14.8. The van der Waals surface area contributed by atoms with Crippen LogP contribution in [-0.2, 0) is 17.3 Å². The van der Waals surface area contributed by atoms with Gasteiger partial charge in [-0.05, 0) is 113 Å². The first-order valence-electron chi connectivity index (χ1n) is 13.6. The summed E-state index contributed by atoms with van der Waals surface area (Å²) >= 11 is 0. The third kappa shape index (κ3) is 7.06. The smallest absolute Gasteiger partial charge is 0.335 e. The standard InChI is InChI=1S/C28H36O2.C6H7NO/c1-7-8-9-22-17-24-25(28(5,6)15-14-27(24,3)4)18-23(22)19(2)16-20-10-12-21(13-11-20)26(29)30;7-5-1-3-6(8)4-2-5/h10-13,16-18H,7-9,14-15H2,1-6H3,(H,29,30);1-4,8H,7H2. The lowest BCUT2D eigenvalue weighted by Gasteiger charge is -2.42. The van der Waals surface area contributed by atoms with Crippen molar-refractivity contribution in [3.63, 3.8) is 0 Å². The van der Waals surface area contributed by atoms with Crippen LogP contribution in [0.25, 0.3) is 11.6 Å². The summed E-state index contributed by atoms with van der Waals surface area (Å²) in [7, 11) is 0. The van der Waals surface area contributed by atoms with E-state index in [2.05, 4.69) is 59.8 Å². The van der Waals surface area contributed by atoms with E-state index in [1.165, 1.54) is 53.5 Å². The summed E-state index contributed by atoms with van der Waals surface area (Å²) in [5, 5.41) is 17.8. The predicted molar refractivity (Wildman–Crippen MR) is 160 cm³/mol. The number of carbonyl (C=O) groups is 1. The Morgan fingerprint density at radius 3 is 1.97 bits per heavy atom. The van der Waals surface area contributed by atoms with Gasteiger partial charge in [-0.3, -0.25) is 0 Å². The van der Waals surface area contributed by atoms with E-state index in [1.807, 2.05) is 12.1 Å². The Morgan fingerprint density at radius 1 is 0.921 bits per heavy atom. The van der Waals surface area contributed by atoms with Crippen LogP contribution < -0.4 is 5.73 Å². The van der Waals surface area contributed by atoms with Crippen molar-refractivity contribution in [2.75, 3.05) is 5.73 Å². The number of benzene rings is 3. The topological polar surface area (TPSA) is 83.5 Å². The number of nitrogens with two attached hydrogens (primary N) is 1. The molecule has 0 aliphatic heterocycles. The van der Waals surface area contributed by atoms with Crippen LogP contribution in [0, 0.1) is 0 Å². The molecule has 202 valence electrons. The molecule has 4 nitrogen and oxygen atoms in total. The minimum Gasteiger partial charge on any atom is -0.508 e. The van der Waals surface area contributed by atoms with E-state index in [1.54, 1.807) is 36.4 Å². The van der Waals surface area contributed by atoms with Crippen LogP contribution in [-0.4, -0.2) is 16.2 Å². The van der Waals surface area contributed by atoms with Gasteiger partial charge in [0.25, 0.3) is 0 Å². The number of carboxylic acid groups (broad SMARTS) is 1. The fourth-order valence-electron chi connectivity index (χ4n) is 5.12. The van der Waals surface area contributed by atoms with E-state index in [9.17, 15) is 4.79 Å². The van der Waals surface area contributed by atoms with Gasteiger partial charge in [0, 0.05) is 5.69 Å². The molecule has 3 aromatic rings. The monoisotopic (exact) mass is 513 g/mol. The lowest BCUT2D eigenvalue weighted by Crippen LogP contribution is -2.34. The van der Waals surface area contributed by atoms with Crippen molar-refractivity contribution in [2.24, 2.45) is 0 Å². The Bertz CT molecular complexity index is 1260. The Hall–Kier alpha value is -3.53. The second-order valence-electron chi connectivity index (χ2n) is 11.8. The quantitative estimate of drug-likeness (QED) is 0.175. The van der Waals surface area contributed by atoms with Crippen molar-refractivity contribution in [2.45, 2.75) is 84.5 Å². The molecule has 0 saturated heterocycles. The molecule has 0 saturated carbocycles. The Kier molecular flexibility index (Phi) is 9.09. The maximum atomic E-state index is 11.1. The highest BCUT2D eigenvalue weighted by Crippen LogP contribution is 2.47. The first-order chi connectivity index (χ1) is 17.8. The Labute approximate surface area is 228 Å². The summed E-state index contributed by atoms with van der Waals surface area (Å²) < 4.78 is 0. The number of hydrogen-bond donors (Lipinski definition) is 3. The molecule has 0 aromatic heterocycles. The van der Waals surface area contributed by atoms with Crippen molar-refractivity contribution >= 4 is 23.3 Å². The van der Waals surface area contributed by atoms with Gasteiger partial charge in [0.2, 0.25) is 0 Å². The van der Waals surface area contributed by atoms with Crippen LogP contribution in [0.4, 0.5) is 5.69 Å². The predicted octanol–water partition coefficient (Wildman–Crippen LogP) is 8.61. The van der Waals surface area contributed by atoms with Gasteiger partial charge in [-0.15, -0.1) is 0 Å². The summed E-state index contributed by atoms with van der Waals surface area (Å²) in [6.45, 7) is 14.0. The van der Waals surface area contributed by atoms with E-state index < -0.39 is 5.97 Å². The number of phenols is 1. The number of aryl methyl sites for hydroxylation is 1. The molecule has 3 aromatic carbocycles. The van der Waals surface area contributed by atoms with Gasteiger partial charge in [-0.1, -0.05) is 71.4 Å². The molecule has 0 atom stereocenters. The largest absolute Gasteiger partial charge is 0.508 e. The van der Waals surface area contributed by atoms with E-state index in [4.69, 9.17) is 15.9 Å². The summed E-state index contributed by atoms with van der Waals surface area (Å²) in [5.74, 6) is -0.636. The maximum Gasteiger partial charge on any atom is 0.335 e. The van der Waals surface area contributed by atoms with E-state index in [0.717, 1.165) is 12.0 Å². The van der Waals surface area contributed by atoms with Gasteiger partial charge in [-0.25, -0.2) is 4.79 Å². The molecule has 0 heterocycles. The molecule has 4 heteroatoms. The first-order valence-corrected chi connectivity index (χ1v) is 13.6. The number of allylic oxidation sites excluding steroid dienone is 1. The third-order valence-corrected chi connectivity index (χ3v) is 7.74. The Balaban J connectivity index is 0.000000427. The Morgan fingerprint density at radius 2 is 1.47 bits per heavy atom. The summed E-state index contributed by atoms with van der Waals surface area (Å²) in [4.78, 5) is 11.1. The second-order valence-corrected chi connectivity index (χ2v) is 11.8. The lowest BCUT2D eigenvalue weighted by molar-refractivity contribution is 0.0697. The highest BCUT2D eigenvalue weighted by atomic mass is 16.4. The minimum absolute atomic E-state index is 0.187. The molecule has 0 radical (unpaired) electrons. The fourth-order valence-corrected chi connectivity index (χ4v) is 5.12. The number of unbranched alkanes of at least 4 members (excludes halogenated alkanes) is 1. The van der Waals surface area contributed by atoms with Crippen LogP contribution in [0.15, 0.2) is 60.7 Å². The van der Waals surface area contributed by atoms with Crippen LogP contribution in [0.3, 0.4) is 0 Å². The van der Waals surface area contributed by atoms with Crippen molar-refractivity contribution < 1.29 is 15.0 Å². The molecule has 4 rings (SSSR count). The first kappa shape index (κ1) is 29.0. The average Bonchev–Trinajstić information content (AvgIpc) is 2.87. The van der Waals surface area contributed by atoms with Gasteiger partial charge in [0.05, 0.1) is 5.56 Å². The molecule has 0 amide bonds. The van der Waals surface area contributed by atoms with E-state index in [0.29, 0.717) is 11.3 Å². The maximum absolute atomic E-state index is 11.1. The highest BCUT2D eigenvalue weighted by molar-refractivity contribution is 5.88. The van der Waals surface area contributed by atoms with Crippen molar-refractivity contribution in [1.29, 1.82) is 0 Å². The summed E-state index contributed by atoms with van der Waals surface area (Å²) in [6, 6.07) is 18.5. The number of phenolic OH excluding ortho intramolecular Hbond substituents is 1. The normalized spacial score (nSPS) is 15.7. The van der Waals surface area contributed by atoms with Crippen LogP contribution in [0.2, 0.25) is 0 Å². The SMILES string of the molecule is CCCCc1cc2c(cc1C(C)=Cc1ccc(C(=O)O)cc1)C(C)(C)CCC2(C)C.Nc1ccc(O)cc1. The highest BCUT2D eigenvalue weighted by Gasteiger charge is 2.37. The minimum atomic E-state index is -0.886. The molecular weight excluding hydrogens is 470 g/mol.